The second-order valence-corrected chi connectivity index (χ2v) is 5.05. The van der Waals surface area contributed by atoms with E-state index in [9.17, 15) is 4.79 Å². The highest BCUT2D eigenvalue weighted by Gasteiger charge is 2.05. The van der Waals surface area contributed by atoms with Crippen molar-refractivity contribution in [3.63, 3.8) is 0 Å². The van der Waals surface area contributed by atoms with Gasteiger partial charge in [-0.05, 0) is 48.4 Å². The van der Waals surface area contributed by atoms with Gasteiger partial charge in [-0.15, -0.1) is 0 Å². The van der Waals surface area contributed by atoms with Crippen LogP contribution in [0.25, 0.3) is 11.3 Å². The number of nitrogens with one attached hydrogen (secondary N) is 1. The van der Waals surface area contributed by atoms with Gasteiger partial charge in [-0.3, -0.25) is 14.8 Å². The standard InChI is InChI=1S/C18H16N4O/c23-18(7-4-14-8-11-19-12-9-14)22-17-6-5-15(13-21-17)16-3-1-2-10-20-16/h1-3,5-6,8-13H,4,7H2,(H,21,22,23). The zero-order chi connectivity index (χ0) is 15.9. The van der Waals surface area contributed by atoms with Crippen molar-refractivity contribution in [3.8, 4) is 11.3 Å². The van der Waals surface area contributed by atoms with Crippen LogP contribution in [-0.4, -0.2) is 20.9 Å². The van der Waals surface area contributed by atoms with E-state index in [4.69, 9.17) is 0 Å². The van der Waals surface area contributed by atoms with E-state index < -0.39 is 0 Å². The van der Waals surface area contributed by atoms with Gasteiger partial charge in [0.25, 0.3) is 0 Å². The summed E-state index contributed by atoms with van der Waals surface area (Å²) >= 11 is 0. The summed E-state index contributed by atoms with van der Waals surface area (Å²) in [6.45, 7) is 0. The third-order valence-electron chi connectivity index (χ3n) is 3.38. The SMILES string of the molecule is O=C(CCc1ccncc1)Nc1ccc(-c2ccccn2)cn1. The Morgan fingerprint density at radius 2 is 1.83 bits per heavy atom. The molecule has 1 amide bonds. The number of nitrogens with zero attached hydrogens (tertiary/aromatic N) is 3. The lowest BCUT2D eigenvalue weighted by Crippen LogP contribution is -2.13. The zero-order valence-corrected chi connectivity index (χ0v) is 12.5. The first kappa shape index (κ1) is 14.8. The Bertz CT molecular complexity index is 758. The minimum Gasteiger partial charge on any atom is -0.311 e. The molecule has 5 nitrogen and oxygen atoms in total. The fraction of sp³-hybridized carbons (Fsp3) is 0.111. The Labute approximate surface area is 134 Å². The van der Waals surface area contributed by atoms with E-state index in [0.717, 1.165) is 16.8 Å². The highest BCUT2D eigenvalue weighted by molar-refractivity contribution is 5.90. The van der Waals surface area contributed by atoms with Crippen LogP contribution in [0.2, 0.25) is 0 Å². The molecule has 0 bridgehead atoms. The summed E-state index contributed by atoms with van der Waals surface area (Å²) in [5, 5.41) is 2.80. The number of aryl methyl sites for hydroxylation is 1. The van der Waals surface area contributed by atoms with Gasteiger partial charge < -0.3 is 5.32 Å². The summed E-state index contributed by atoms with van der Waals surface area (Å²) in [6.07, 6.45) is 8.00. The fourth-order valence-corrected chi connectivity index (χ4v) is 2.17. The van der Waals surface area contributed by atoms with Gasteiger partial charge in [0.15, 0.2) is 0 Å². The normalized spacial score (nSPS) is 10.3. The molecule has 114 valence electrons. The first-order chi connectivity index (χ1) is 11.3. The number of hydrogen-bond donors (Lipinski definition) is 1. The predicted molar refractivity (Wildman–Crippen MR) is 88.7 cm³/mol. The smallest absolute Gasteiger partial charge is 0.225 e. The molecule has 0 atom stereocenters. The third kappa shape index (κ3) is 4.20. The number of pyridine rings is 3. The number of rotatable bonds is 5. The van der Waals surface area contributed by atoms with E-state index in [-0.39, 0.29) is 5.91 Å². The number of hydrogen-bond acceptors (Lipinski definition) is 4. The first-order valence-corrected chi connectivity index (χ1v) is 7.37. The zero-order valence-electron chi connectivity index (χ0n) is 12.5. The number of aromatic nitrogens is 3. The number of carbonyl (C=O) groups is 1. The monoisotopic (exact) mass is 304 g/mol. The molecule has 0 aliphatic carbocycles. The van der Waals surface area contributed by atoms with Crippen LogP contribution < -0.4 is 5.32 Å². The Balaban J connectivity index is 1.57. The summed E-state index contributed by atoms with van der Waals surface area (Å²) in [4.78, 5) is 24.5. The maximum atomic E-state index is 12.0. The van der Waals surface area contributed by atoms with Crippen LogP contribution in [0.5, 0.6) is 0 Å². The van der Waals surface area contributed by atoms with Crippen molar-refractivity contribution in [1.29, 1.82) is 0 Å². The van der Waals surface area contributed by atoms with Crippen molar-refractivity contribution in [3.05, 3.63) is 72.8 Å². The van der Waals surface area contributed by atoms with Crippen molar-refractivity contribution in [2.45, 2.75) is 12.8 Å². The van der Waals surface area contributed by atoms with Crippen LogP contribution in [-0.2, 0) is 11.2 Å². The summed E-state index contributed by atoms with van der Waals surface area (Å²) in [5.74, 6) is 0.490. The predicted octanol–water partition coefficient (Wildman–Crippen LogP) is 3.11. The molecule has 23 heavy (non-hydrogen) atoms. The third-order valence-corrected chi connectivity index (χ3v) is 3.38. The van der Waals surface area contributed by atoms with Gasteiger partial charge in [-0.25, -0.2) is 4.98 Å². The van der Waals surface area contributed by atoms with Crippen LogP contribution in [0.4, 0.5) is 5.82 Å². The molecule has 0 aromatic carbocycles. The summed E-state index contributed by atoms with van der Waals surface area (Å²) in [5.41, 5.74) is 2.87. The van der Waals surface area contributed by atoms with E-state index in [2.05, 4.69) is 20.3 Å². The van der Waals surface area contributed by atoms with Crippen molar-refractivity contribution in [2.24, 2.45) is 0 Å². The number of carbonyl (C=O) groups excluding carboxylic acids is 1. The largest absolute Gasteiger partial charge is 0.311 e. The van der Waals surface area contributed by atoms with Crippen LogP contribution in [0.15, 0.2) is 67.3 Å². The van der Waals surface area contributed by atoms with Gasteiger partial charge in [-0.1, -0.05) is 6.07 Å². The molecule has 0 fully saturated rings. The van der Waals surface area contributed by atoms with Gasteiger partial charge in [0, 0.05) is 36.8 Å². The van der Waals surface area contributed by atoms with Gasteiger partial charge in [0.05, 0.1) is 5.69 Å². The van der Waals surface area contributed by atoms with Crippen molar-refractivity contribution < 1.29 is 4.79 Å². The molecule has 0 spiro atoms. The highest BCUT2D eigenvalue weighted by atomic mass is 16.1. The molecule has 0 aliphatic heterocycles. The van der Waals surface area contributed by atoms with Crippen molar-refractivity contribution >= 4 is 11.7 Å². The minimum absolute atomic E-state index is 0.0556. The Morgan fingerprint density at radius 3 is 2.52 bits per heavy atom. The summed E-state index contributed by atoms with van der Waals surface area (Å²) < 4.78 is 0. The van der Waals surface area contributed by atoms with Gasteiger partial charge in [0.2, 0.25) is 5.91 Å². The van der Waals surface area contributed by atoms with E-state index in [1.807, 2.05) is 36.4 Å². The average Bonchev–Trinajstić information content (AvgIpc) is 2.62. The van der Waals surface area contributed by atoms with Gasteiger partial charge in [-0.2, -0.15) is 0 Å². The maximum Gasteiger partial charge on any atom is 0.225 e. The Kier molecular flexibility index (Phi) is 4.69. The van der Waals surface area contributed by atoms with Crippen LogP contribution in [0, 0.1) is 0 Å². The van der Waals surface area contributed by atoms with Crippen molar-refractivity contribution in [2.75, 3.05) is 5.32 Å². The van der Waals surface area contributed by atoms with E-state index >= 15 is 0 Å². The molecule has 0 unspecified atom stereocenters. The first-order valence-electron chi connectivity index (χ1n) is 7.37. The molecular weight excluding hydrogens is 288 g/mol. The van der Waals surface area contributed by atoms with Gasteiger partial charge >= 0.3 is 0 Å². The second kappa shape index (κ2) is 7.26. The van der Waals surface area contributed by atoms with E-state index in [0.29, 0.717) is 18.7 Å². The average molecular weight is 304 g/mol. The lowest BCUT2D eigenvalue weighted by atomic mass is 10.1. The summed E-state index contributed by atoms with van der Waals surface area (Å²) in [6, 6.07) is 13.2. The molecule has 0 radical (unpaired) electrons. The van der Waals surface area contributed by atoms with Crippen LogP contribution in [0.3, 0.4) is 0 Å². The quantitative estimate of drug-likeness (QED) is 0.786. The molecule has 1 N–H and O–H groups in total. The minimum atomic E-state index is -0.0556. The number of amides is 1. The topological polar surface area (TPSA) is 67.8 Å². The summed E-state index contributed by atoms with van der Waals surface area (Å²) in [7, 11) is 0. The lowest BCUT2D eigenvalue weighted by molar-refractivity contribution is -0.116. The molecule has 3 rings (SSSR count). The molecule has 0 saturated heterocycles. The van der Waals surface area contributed by atoms with Gasteiger partial charge in [0.1, 0.15) is 5.82 Å². The molecule has 5 heteroatoms. The second-order valence-electron chi connectivity index (χ2n) is 5.05. The molecule has 3 heterocycles. The fourth-order valence-electron chi connectivity index (χ4n) is 2.17. The van der Waals surface area contributed by atoms with E-state index in [1.54, 1.807) is 30.9 Å². The molecular formula is C18H16N4O. The Hall–Kier alpha value is -3.08. The molecule has 3 aromatic rings. The van der Waals surface area contributed by atoms with E-state index in [1.165, 1.54) is 0 Å². The lowest BCUT2D eigenvalue weighted by Gasteiger charge is -2.06. The number of anilines is 1. The molecule has 0 saturated carbocycles. The van der Waals surface area contributed by atoms with Crippen LogP contribution in [0.1, 0.15) is 12.0 Å². The van der Waals surface area contributed by atoms with Crippen molar-refractivity contribution in [1.82, 2.24) is 15.0 Å². The molecule has 3 aromatic heterocycles. The Morgan fingerprint density at radius 1 is 0.957 bits per heavy atom. The maximum absolute atomic E-state index is 12.0. The van der Waals surface area contributed by atoms with Crippen LogP contribution >= 0.6 is 0 Å². The molecule has 0 aliphatic rings. The highest BCUT2D eigenvalue weighted by Crippen LogP contribution is 2.16.